The summed E-state index contributed by atoms with van der Waals surface area (Å²) in [6.45, 7) is 8.17. The highest BCUT2D eigenvalue weighted by molar-refractivity contribution is 6.32. The number of hydrogen-bond donors (Lipinski definition) is 1. The van der Waals surface area contributed by atoms with Gasteiger partial charge in [0.05, 0.1) is 0 Å². The van der Waals surface area contributed by atoms with Gasteiger partial charge in [0, 0.05) is 24.7 Å². The number of aryl methyl sites for hydroxylation is 1. The van der Waals surface area contributed by atoms with Crippen molar-refractivity contribution in [2.24, 2.45) is 0 Å². The van der Waals surface area contributed by atoms with E-state index in [0.717, 1.165) is 36.8 Å². The van der Waals surface area contributed by atoms with Crippen molar-refractivity contribution < 1.29 is 0 Å². The van der Waals surface area contributed by atoms with Crippen LogP contribution in [0.5, 0.6) is 0 Å². The van der Waals surface area contributed by atoms with E-state index in [1.165, 1.54) is 5.56 Å². The van der Waals surface area contributed by atoms with E-state index >= 15 is 0 Å². The fourth-order valence-electron chi connectivity index (χ4n) is 1.65. The van der Waals surface area contributed by atoms with E-state index in [1.807, 2.05) is 13.0 Å². The van der Waals surface area contributed by atoms with Gasteiger partial charge in [-0.3, -0.25) is 0 Å². The van der Waals surface area contributed by atoms with Gasteiger partial charge >= 0.3 is 0 Å². The summed E-state index contributed by atoms with van der Waals surface area (Å²) in [6.07, 6.45) is 0. The minimum Gasteiger partial charge on any atom is -0.316 e. The Morgan fingerprint density at radius 2 is 2.12 bits per heavy atom. The molecular weight excluding hydrogens is 220 g/mol. The Morgan fingerprint density at radius 1 is 1.38 bits per heavy atom. The molecule has 0 aliphatic heterocycles. The van der Waals surface area contributed by atoms with Crippen molar-refractivity contribution >= 4 is 11.6 Å². The fraction of sp³-hybridized carbons (Fsp3) is 0.538. The standard InChI is InChI=1S/C13H21ClN2/c1-4-15-8-9-16(3)10-12-7-5-6-11(2)13(12)14/h5-7,15H,4,8-10H2,1-3H3. The van der Waals surface area contributed by atoms with Crippen molar-refractivity contribution in [3.63, 3.8) is 0 Å². The van der Waals surface area contributed by atoms with Crippen LogP contribution >= 0.6 is 11.6 Å². The third-order valence-electron chi connectivity index (χ3n) is 2.63. The highest BCUT2D eigenvalue weighted by Crippen LogP contribution is 2.21. The first-order valence-corrected chi connectivity index (χ1v) is 6.16. The summed E-state index contributed by atoms with van der Waals surface area (Å²) in [4.78, 5) is 2.28. The first kappa shape index (κ1) is 13.5. The van der Waals surface area contributed by atoms with E-state index in [0.29, 0.717) is 0 Å². The number of hydrogen-bond acceptors (Lipinski definition) is 2. The van der Waals surface area contributed by atoms with E-state index in [4.69, 9.17) is 11.6 Å². The predicted molar refractivity (Wildman–Crippen MR) is 71.1 cm³/mol. The van der Waals surface area contributed by atoms with Crippen molar-refractivity contribution in [1.29, 1.82) is 0 Å². The quantitative estimate of drug-likeness (QED) is 0.770. The molecular formula is C13H21ClN2. The normalized spacial score (nSPS) is 11.1. The minimum absolute atomic E-state index is 0.901. The van der Waals surface area contributed by atoms with Gasteiger partial charge in [0.1, 0.15) is 0 Å². The highest BCUT2D eigenvalue weighted by Gasteiger charge is 2.05. The Hall–Kier alpha value is -0.570. The molecule has 0 aliphatic carbocycles. The van der Waals surface area contributed by atoms with Crippen molar-refractivity contribution in [3.8, 4) is 0 Å². The van der Waals surface area contributed by atoms with E-state index < -0.39 is 0 Å². The summed E-state index contributed by atoms with van der Waals surface area (Å²) < 4.78 is 0. The number of likely N-dealkylation sites (N-methyl/N-ethyl adjacent to an activating group) is 2. The van der Waals surface area contributed by atoms with Crippen LogP contribution < -0.4 is 5.32 Å². The topological polar surface area (TPSA) is 15.3 Å². The smallest absolute Gasteiger partial charge is 0.0480 e. The molecule has 0 saturated carbocycles. The molecule has 0 atom stereocenters. The zero-order valence-electron chi connectivity index (χ0n) is 10.4. The summed E-state index contributed by atoms with van der Waals surface area (Å²) in [5.74, 6) is 0. The van der Waals surface area contributed by atoms with Crippen molar-refractivity contribution in [2.75, 3.05) is 26.7 Å². The van der Waals surface area contributed by atoms with Crippen LogP contribution in [-0.4, -0.2) is 31.6 Å². The van der Waals surface area contributed by atoms with Gasteiger partial charge in [0.2, 0.25) is 0 Å². The Balaban J connectivity index is 2.49. The molecule has 1 aromatic rings. The van der Waals surface area contributed by atoms with Crippen LogP contribution in [0.4, 0.5) is 0 Å². The van der Waals surface area contributed by atoms with Gasteiger partial charge in [-0.1, -0.05) is 36.7 Å². The molecule has 0 spiro atoms. The molecule has 1 aromatic carbocycles. The molecule has 0 aliphatic rings. The van der Waals surface area contributed by atoms with Crippen LogP contribution in [0.25, 0.3) is 0 Å². The van der Waals surface area contributed by atoms with Crippen molar-refractivity contribution in [2.45, 2.75) is 20.4 Å². The first-order chi connectivity index (χ1) is 7.65. The molecule has 1 N–H and O–H groups in total. The molecule has 0 aromatic heterocycles. The lowest BCUT2D eigenvalue weighted by molar-refractivity contribution is 0.325. The van der Waals surface area contributed by atoms with Gasteiger partial charge in [0.15, 0.2) is 0 Å². The highest BCUT2D eigenvalue weighted by atomic mass is 35.5. The molecule has 16 heavy (non-hydrogen) atoms. The monoisotopic (exact) mass is 240 g/mol. The molecule has 0 heterocycles. The average Bonchev–Trinajstić information content (AvgIpc) is 2.25. The van der Waals surface area contributed by atoms with Crippen LogP contribution in [0, 0.1) is 6.92 Å². The van der Waals surface area contributed by atoms with Crippen LogP contribution in [0.15, 0.2) is 18.2 Å². The molecule has 1 rings (SSSR count). The van der Waals surface area contributed by atoms with E-state index in [-0.39, 0.29) is 0 Å². The summed E-state index contributed by atoms with van der Waals surface area (Å²) in [5.41, 5.74) is 2.36. The molecule has 0 fully saturated rings. The maximum atomic E-state index is 6.26. The van der Waals surface area contributed by atoms with E-state index in [1.54, 1.807) is 0 Å². The Morgan fingerprint density at radius 3 is 2.81 bits per heavy atom. The molecule has 3 heteroatoms. The molecule has 2 nitrogen and oxygen atoms in total. The second-order valence-corrected chi connectivity index (χ2v) is 4.52. The maximum Gasteiger partial charge on any atom is 0.0480 e. The number of halogens is 1. The lowest BCUT2D eigenvalue weighted by Crippen LogP contribution is -2.28. The lowest BCUT2D eigenvalue weighted by atomic mass is 10.1. The molecule has 0 saturated heterocycles. The second kappa shape index (κ2) is 6.89. The number of benzene rings is 1. The zero-order valence-corrected chi connectivity index (χ0v) is 11.1. The van der Waals surface area contributed by atoms with Gasteiger partial charge in [-0.05, 0) is 31.6 Å². The zero-order chi connectivity index (χ0) is 12.0. The summed E-state index contributed by atoms with van der Waals surface area (Å²) >= 11 is 6.26. The van der Waals surface area contributed by atoms with Crippen molar-refractivity contribution in [1.82, 2.24) is 10.2 Å². The summed E-state index contributed by atoms with van der Waals surface area (Å²) in [5, 5.41) is 4.22. The molecule has 0 amide bonds. The second-order valence-electron chi connectivity index (χ2n) is 4.14. The third kappa shape index (κ3) is 4.12. The van der Waals surface area contributed by atoms with Gasteiger partial charge in [-0.2, -0.15) is 0 Å². The molecule has 0 radical (unpaired) electrons. The number of nitrogens with zero attached hydrogens (tertiary/aromatic N) is 1. The summed E-state index contributed by atoms with van der Waals surface area (Å²) in [6, 6.07) is 6.21. The van der Waals surface area contributed by atoms with E-state index in [2.05, 4.69) is 36.3 Å². The Kier molecular flexibility index (Phi) is 5.81. The SMILES string of the molecule is CCNCCN(C)Cc1cccc(C)c1Cl. The van der Waals surface area contributed by atoms with Gasteiger partial charge in [-0.25, -0.2) is 0 Å². The van der Waals surface area contributed by atoms with Gasteiger partial charge in [0.25, 0.3) is 0 Å². The summed E-state index contributed by atoms with van der Waals surface area (Å²) in [7, 11) is 2.12. The van der Waals surface area contributed by atoms with Crippen molar-refractivity contribution in [3.05, 3.63) is 34.3 Å². The largest absolute Gasteiger partial charge is 0.316 e. The average molecular weight is 241 g/mol. The maximum absolute atomic E-state index is 6.26. The number of nitrogens with one attached hydrogen (secondary N) is 1. The van der Waals surface area contributed by atoms with Gasteiger partial charge in [-0.15, -0.1) is 0 Å². The predicted octanol–water partition coefficient (Wildman–Crippen LogP) is 2.69. The molecule has 90 valence electrons. The molecule has 0 unspecified atom stereocenters. The van der Waals surface area contributed by atoms with Crippen LogP contribution in [0.1, 0.15) is 18.1 Å². The third-order valence-corrected chi connectivity index (χ3v) is 3.17. The van der Waals surface area contributed by atoms with Gasteiger partial charge < -0.3 is 10.2 Å². The van der Waals surface area contributed by atoms with Crippen LogP contribution in [0.2, 0.25) is 5.02 Å². The lowest BCUT2D eigenvalue weighted by Gasteiger charge is -2.18. The first-order valence-electron chi connectivity index (χ1n) is 5.78. The minimum atomic E-state index is 0.901. The molecule has 0 bridgehead atoms. The van der Waals surface area contributed by atoms with Crippen LogP contribution in [0.3, 0.4) is 0 Å². The Labute approximate surface area is 104 Å². The Bertz CT molecular complexity index is 326. The van der Waals surface area contributed by atoms with Crippen LogP contribution in [-0.2, 0) is 6.54 Å². The van der Waals surface area contributed by atoms with E-state index in [9.17, 15) is 0 Å². The number of rotatable bonds is 6. The fourth-order valence-corrected chi connectivity index (χ4v) is 1.83.